The van der Waals surface area contributed by atoms with Crippen molar-refractivity contribution < 1.29 is 14.3 Å². The minimum atomic E-state index is -0.386. The number of aliphatic hydroxyl groups is 1. The summed E-state index contributed by atoms with van der Waals surface area (Å²) in [5.41, 5.74) is 1.60. The smallest absolute Gasteiger partial charge is 0.290 e. The van der Waals surface area contributed by atoms with Crippen LogP contribution in [0.25, 0.3) is 11.0 Å². The summed E-state index contributed by atoms with van der Waals surface area (Å²) in [5.74, 6) is 0.252. The van der Waals surface area contributed by atoms with Gasteiger partial charge in [0, 0.05) is 24.0 Å². The number of hydrogen-bond acceptors (Lipinski definition) is 3. The van der Waals surface area contributed by atoms with Gasteiger partial charge in [-0.25, -0.2) is 0 Å². The zero-order valence-corrected chi connectivity index (χ0v) is 9.51. The fourth-order valence-corrected chi connectivity index (χ4v) is 2.14. The molecule has 4 nitrogen and oxygen atoms in total. The van der Waals surface area contributed by atoms with E-state index in [-0.39, 0.29) is 12.0 Å². The summed E-state index contributed by atoms with van der Waals surface area (Å²) in [4.78, 5) is 13.7. The minimum Gasteiger partial charge on any atom is -0.451 e. The molecule has 0 bridgehead atoms. The van der Waals surface area contributed by atoms with Gasteiger partial charge in [0.2, 0.25) is 0 Å². The molecule has 1 amide bonds. The Hall–Kier alpha value is -1.81. The second-order valence-corrected chi connectivity index (χ2v) is 4.42. The zero-order chi connectivity index (χ0) is 12.0. The van der Waals surface area contributed by atoms with Crippen LogP contribution in [0.3, 0.4) is 0 Å². The van der Waals surface area contributed by atoms with Crippen molar-refractivity contribution in [2.45, 2.75) is 13.0 Å². The van der Waals surface area contributed by atoms with Gasteiger partial charge in [0.05, 0.1) is 6.10 Å². The topological polar surface area (TPSA) is 53.7 Å². The molecule has 1 aliphatic rings. The number of rotatable bonds is 1. The van der Waals surface area contributed by atoms with Crippen molar-refractivity contribution in [3.63, 3.8) is 0 Å². The molecule has 4 heteroatoms. The van der Waals surface area contributed by atoms with Crippen LogP contribution in [0.1, 0.15) is 16.1 Å². The van der Waals surface area contributed by atoms with Gasteiger partial charge in [0.25, 0.3) is 5.91 Å². The van der Waals surface area contributed by atoms with Crippen LogP contribution in [0, 0.1) is 6.92 Å². The van der Waals surface area contributed by atoms with Gasteiger partial charge in [-0.3, -0.25) is 4.79 Å². The molecule has 1 aromatic carbocycles. The Morgan fingerprint density at radius 3 is 2.76 bits per heavy atom. The number of amides is 1. The number of nitrogens with zero attached hydrogens (tertiary/aromatic N) is 1. The molecule has 0 unspecified atom stereocenters. The number of likely N-dealkylation sites (tertiary alicyclic amines) is 1. The number of benzene rings is 1. The van der Waals surface area contributed by atoms with Crippen molar-refractivity contribution in [2.75, 3.05) is 13.1 Å². The lowest BCUT2D eigenvalue weighted by Crippen LogP contribution is -2.53. The highest BCUT2D eigenvalue weighted by Crippen LogP contribution is 2.26. The molecule has 0 atom stereocenters. The molecule has 1 aromatic heterocycles. The van der Waals surface area contributed by atoms with Gasteiger partial charge in [-0.2, -0.15) is 0 Å². The van der Waals surface area contributed by atoms with Crippen LogP contribution in [0.2, 0.25) is 0 Å². The van der Waals surface area contributed by atoms with Gasteiger partial charge in [-0.15, -0.1) is 0 Å². The Kier molecular flexibility index (Phi) is 2.19. The van der Waals surface area contributed by atoms with Crippen LogP contribution in [0.5, 0.6) is 0 Å². The van der Waals surface area contributed by atoms with E-state index in [1.165, 1.54) is 0 Å². The lowest BCUT2D eigenvalue weighted by molar-refractivity contribution is 0.00399. The predicted molar refractivity (Wildman–Crippen MR) is 62.9 cm³/mol. The maximum atomic E-state index is 12.1. The van der Waals surface area contributed by atoms with Crippen molar-refractivity contribution >= 4 is 16.9 Å². The van der Waals surface area contributed by atoms with Gasteiger partial charge >= 0.3 is 0 Å². The molecule has 3 rings (SSSR count). The van der Waals surface area contributed by atoms with Crippen molar-refractivity contribution in [1.29, 1.82) is 0 Å². The fourth-order valence-electron chi connectivity index (χ4n) is 2.14. The van der Waals surface area contributed by atoms with Crippen molar-refractivity contribution in [2.24, 2.45) is 0 Å². The van der Waals surface area contributed by atoms with Gasteiger partial charge in [0.15, 0.2) is 5.76 Å². The number of carbonyl (C=O) groups excluding carboxylic acids is 1. The Bertz CT molecular complexity index is 581. The second kappa shape index (κ2) is 3.60. The maximum Gasteiger partial charge on any atom is 0.290 e. The predicted octanol–water partition coefficient (Wildman–Crippen LogP) is 1.56. The molecular weight excluding hydrogens is 218 g/mol. The quantitative estimate of drug-likeness (QED) is 0.810. The summed E-state index contributed by atoms with van der Waals surface area (Å²) in [6.07, 6.45) is -0.386. The number of β-amino-alcohol motifs (C(OH)–C–C–N with tert-alkyl or cyclic N) is 1. The molecular formula is C13H13NO3. The number of aryl methyl sites for hydroxylation is 1. The van der Waals surface area contributed by atoms with Crippen LogP contribution < -0.4 is 0 Å². The Morgan fingerprint density at radius 1 is 1.41 bits per heavy atom. The highest BCUT2D eigenvalue weighted by atomic mass is 16.3. The van der Waals surface area contributed by atoms with Crippen LogP contribution >= 0.6 is 0 Å². The number of furan rings is 1. The normalized spacial score (nSPS) is 16.2. The first kappa shape index (κ1) is 10.4. The van der Waals surface area contributed by atoms with E-state index in [4.69, 9.17) is 4.42 Å². The maximum absolute atomic E-state index is 12.1. The van der Waals surface area contributed by atoms with Crippen molar-refractivity contribution in [3.8, 4) is 0 Å². The molecule has 1 saturated heterocycles. The summed E-state index contributed by atoms with van der Waals surface area (Å²) in [5, 5.41) is 10.2. The molecule has 1 aliphatic heterocycles. The number of fused-ring (bicyclic) bond motifs is 1. The van der Waals surface area contributed by atoms with Crippen LogP contribution in [-0.2, 0) is 0 Å². The Labute approximate surface area is 98.4 Å². The molecule has 17 heavy (non-hydrogen) atoms. The van der Waals surface area contributed by atoms with E-state index in [0.29, 0.717) is 18.8 Å². The van der Waals surface area contributed by atoms with Gasteiger partial charge in [0.1, 0.15) is 5.58 Å². The number of hydrogen-bond donors (Lipinski definition) is 1. The van der Waals surface area contributed by atoms with Crippen LogP contribution in [-0.4, -0.2) is 35.1 Å². The summed E-state index contributed by atoms with van der Waals surface area (Å²) in [7, 11) is 0. The second-order valence-electron chi connectivity index (χ2n) is 4.42. The highest BCUT2D eigenvalue weighted by Gasteiger charge is 2.32. The van der Waals surface area contributed by atoms with Crippen LogP contribution in [0.4, 0.5) is 0 Å². The summed E-state index contributed by atoms with van der Waals surface area (Å²) in [6.45, 7) is 2.68. The lowest BCUT2D eigenvalue weighted by Gasteiger charge is -2.35. The number of aliphatic hydroxyl groups excluding tert-OH is 1. The van der Waals surface area contributed by atoms with Crippen LogP contribution in [0.15, 0.2) is 28.7 Å². The van der Waals surface area contributed by atoms with Gasteiger partial charge < -0.3 is 14.4 Å². The lowest BCUT2D eigenvalue weighted by atomic mass is 10.1. The molecule has 1 N–H and O–H groups in total. The molecule has 0 spiro atoms. The summed E-state index contributed by atoms with van der Waals surface area (Å²) >= 11 is 0. The van der Waals surface area contributed by atoms with E-state index < -0.39 is 0 Å². The first-order chi connectivity index (χ1) is 8.16. The monoisotopic (exact) mass is 231 g/mol. The molecule has 0 saturated carbocycles. The number of para-hydroxylation sites is 1. The standard InChI is InChI=1S/C13H13NO3/c1-8-10-4-2-3-5-11(10)17-12(8)13(16)14-6-9(15)7-14/h2-5,9,15H,6-7H2,1H3. The molecule has 1 fully saturated rings. The van der Waals surface area contributed by atoms with E-state index in [1.807, 2.05) is 31.2 Å². The van der Waals surface area contributed by atoms with E-state index in [9.17, 15) is 9.90 Å². The first-order valence-electron chi connectivity index (χ1n) is 5.62. The SMILES string of the molecule is Cc1c(C(=O)N2CC(O)C2)oc2ccccc12. The van der Waals surface area contributed by atoms with Crippen molar-refractivity contribution in [3.05, 3.63) is 35.6 Å². The van der Waals surface area contributed by atoms with E-state index in [1.54, 1.807) is 4.90 Å². The third-order valence-electron chi connectivity index (χ3n) is 3.19. The van der Waals surface area contributed by atoms with Crippen molar-refractivity contribution in [1.82, 2.24) is 4.90 Å². The van der Waals surface area contributed by atoms with E-state index >= 15 is 0 Å². The fraction of sp³-hybridized carbons (Fsp3) is 0.308. The molecule has 2 aromatic rings. The Balaban J connectivity index is 2.00. The summed E-state index contributed by atoms with van der Waals surface area (Å²) < 4.78 is 5.58. The molecule has 0 radical (unpaired) electrons. The third kappa shape index (κ3) is 1.52. The largest absolute Gasteiger partial charge is 0.451 e. The van der Waals surface area contributed by atoms with Gasteiger partial charge in [-0.05, 0) is 13.0 Å². The van der Waals surface area contributed by atoms with E-state index in [2.05, 4.69) is 0 Å². The summed E-state index contributed by atoms with van der Waals surface area (Å²) in [6, 6.07) is 7.60. The molecule has 88 valence electrons. The average Bonchev–Trinajstić information content (AvgIpc) is 2.63. The first-order valence-corrected chi connectivity index (χ1v) is 5.62. The molecule has 2 heterocycles. The highest BCUT2D eigenvalue weighted by molar-refractivity contribution is 5.99. The average molecular weight is 231 g/mol. The van der Waals surface area contributed by atoms with Gasteiger partial charge in [-0.1, -0.05) is 18.2 Å². The van der Waals surface area contributed by atoms with E-state index in [0.717, 1.165) is 16.5 Å². The zero-order valence-electron chi connectivity index (χ0n) is 9.51. The number of carbonyl (C=O) groups is 1. The minimum absolute atomic E-state index is 0.135. The molecule has 0 aliphatic carbocycles. The Morgan fingerprint density at radius 2 is 2.12 bits per heavy atom. The third-order valence-corrected chi connectivity index (χ3v) is 3.19.